The van der Waals surface area contributed by atoms with Crippen LogP contribution in [0.4, 0.5) is 0 Å². The van der Waals surface area contributed by atoms with Crippen LogP contribution in [-0.4, -0.2) is 17.9 Å². The molecule has 1 heterocycles. The summed E-state index contributed by atoms with van der Waals surface area (Å²) in [5.74, 6) is -0.356. The molecule has 0 saturated heterocycles. The fourth-order valence-electron chi connectivity index (χ4n) is 1.68. The highest BCUT2D eigenvalue weighted by atomic mass is 16.6. The topological polar surface area (TPSA) is 43.4 Å². The molecule has 15 heavy (non-hydrogen) atoms. The molecule has 3 heteroatoms. The lowest BCUT2D eigenvalue weighted by atomic mass is 10.0. The molecule has 0 aromatic rings. The zero-order chi connectivity index (χ0) is 11.3. The van der Waals surface area contributed by atoms with E-state index in [1.165, 1.54) is 6.08 Å². The summed E-state index contributed by atoms with van der Waals surface area (Å²) >= 11 is 0. The summed E-state index contributed by atoms with van der Waals surface area (Å²) in [4.78, 5) is 22.5. The molecule has 0 amide bonds. The van der Waals surface area contributed by atoms with Crippen LogP contribution in [0.1, 0.15) is 46.0 Å². The van der Waals surface area contributed by atoms with Crippen molar-refractivity contribution in [2.75, 3.05) is 0 Å². The van der Waals surface area contributed by atoms with Crippen LogP contribution in [0.15, 0.2) is 11.6 Å². The summed E-state index contributed by atoms with van der Waals surface area (Å²) in [6.07, 6.45) is 5.61. The van der Waals surface area contributed by atoms with Crippen LogP contribution in [0, 0.1) is 0 Å². The predicted octanol–water partition coefficient (Wildman–Crippen LogP) is 2.40. The summed E-state index contributed by atoms with van der Waals surface area (Å²) in [6, 6.07) is 0. The molecule has 0 bridgehead atoms. The number of Topliss-reactive ketones (excluding diaryl/α,β-unsaturated/α-hetero) is 1. The third kappa shape index (κ3) is 3.50. The van der Waals surface area contributed by atoms with Gasteiger partial charge in [-0.2, -0.15) is 0 Å². The van der Waals surface area contributed by atoms with Crippen LogP contribution in [0.5, 0.6) is 0 Å². The van der Waals surface area contributed by atoms with Crippen molar-refractivity contribution in [2.24, 2.45) is 0 Å². The Labute approximate surface area is 90.5 Å². The Balaban J connectivity index is 2.29. The van der Waals surface area contributed by atoms with Crippen molar-refractivity contribution in [1.29, 1.82) is 0 Å². The van der Waals surface area contributed by atoms with Crippen molar-refractivity contribution in [3.05, 3.63) is 11.6 Å². The monoisotopic (exact) mass is 210 g/mol. The molecule has 1 atom stereocenters. The van der Waals surface area contributed by atoms with Gasteiger partial charge in [0.1, 0.15) is 0 Å². The number of carbonyl (C=O) groups excluding carboxylic acids is 2. The highest BCUT2D eigenvalue weighted by Gasteiger charge is 2.28. The second-order valence-corrected chi connectivity index (χ2v) is 3.98. The number of ether oxygens (including phenoxy) is 1. The fraction of sp³-hybridized carbons (Fsp3) is 0.667. The third-order valence-electron chi connectivity index (χ3n) is 2.56. The molecule has 1 unspecified atom stereocenters. The lowest BCUT2D eigenvalue weighted by Gasteiger charge is -2.09. The second kappa shape index (κ2) is 5.69. The average Bonchev–Trinajstić information content (AvgIpc) is 2.52. The molecule has 1 rings (SSSR count). The maximum atomic E-state index is 11.6. The Morgan fingerprint density at radius 2 is 2.13 bits per heavy atom. The zero-order valence-electron chi connectivity index (χ0n) is 9.41. The normalized spacial score (nSPS) is 20.0. The lowest BCUT2D eigenvalue weighted by molar-refractivity contribution is -0.145. The third-order valence-corrected chi connectivity index (χ3v) is 2.56. The van der Waals surface area contributed by atoms with Crippen molar-refractivity contribution in [3.63, 3.8) is 0 Å². The zero-order valence-corrected chi connectivity index (χ0v) is 9.41. The number of unbranched alkanes of at least 4 members (excludes halogenated alkanes) is 3. The van der Waals surface area contributed by atoms with E-state index in [-0.39, 0.29) is 11.8 Å². The van der Waals surface area contributed by atoms with E-state index in [2.05, 4.69) is 6.92 Å². The van der Waals surface area contributed by atoms with Gasteiger partial charge in [0, 0.05) is 12.5 Å². The van der Waals surface area contributed by atoms with Gasteiger partial charge in [0.2, 0.25) is 0 Å². The number of hydrogen-bond donors (Lipinski definition) is 0. The van der Waals surface area contributed by atoms with E-state index in [0.717, 1.165) is 31.3 Å². The SMILES string of the molecule is CCCCCCC(=O)C1OC(=O)C=C1C. The first-order valence-corrected chi connectivity index (χ1v) is 5.56. The fourth-order valence-corrected chi connectivity index (χ4v) is 1.68. The molecular formula is C12H18O3. The van der Waals surface area contributed by atoms with Crippen molar-refractivity contribution < 1.29 is 14.3 Å². The maximum absolute atomic E-state index is 11.6. The molecule has 0 aromatic heterocycles. The van der Waals surface area contributed by atoms with E-state index in [0.29, 0.717) is 6.42 Å². The summed E-state index contributed by atoms with van der Waals surface area (Å²) in [5.41, 5.74) is 0.737. The van der Waals surface area contributed by atoms with E-state index in [4.69, 9.17) is 4.74 Å². The van der Waals surface area contributed by atoms with Gasteiger partial charge in [0.15, 0.2) is 11.9 Å². The largest absolute Gasteiger partial charge is 0.447 e. The molecule has 84 valence electrons. The summed E-state index contributed by atoms with van der Waals surface area (Å²) < 4.78 is 4.91. The highest BCUT2D eigenvalue weighted by Crippen LogP contribution is 2.18. The summed E-state index contributed by atoms with van der Waals surface area (Å²) in [6.45, 7) is 3.90. The number of ketones is 1. The molecule has 0 aromatic carbocycles. The van der Waals surface area contributed by atoms with Gasteiger partial charge in [0.05, 0.1) is 0 Å². The van der Waals surface area contributed by atoms with Crippen LogP contribution in [0.3, 0.4) is 0 Å². The first-order valence-electron chi connectivity index (χ1n) is 5.56. The number of rotatable bonds is 6. The number of esters is 1. The molecule has 1 aliphatic heterocycles. The van der Waals surface area contributed by atoms with Gasteiger partial charge in [-0.05, 0) is 18.9 Å². The summed E-state index contributed by atoms with van der Waals surface area (Å²) in [5, 5.41) is 0. The minimum absolute atomic E-state index is 0.0331. The van der Waals surface area contributed by atoms with E-state index < -0.39 is 6.10 Å². The minimum Gasteiger partial charge on any atom is -0.447 e. The van der Waals surface area contributed by atoms with Gasteiger partial charge in [-0.1, -0.05) is 26.2 Å². The van der Waals surface area contributed by atoms with Crippen LogP contribution < -0.4 is 0 Å². The van der Waals surface area contributed by atoms with Gasteiger partial charge in [-0.3, -0.25) is 4.79 Å². The molecule has 0 spiro atoms. The van der Waals surface area contributed by atoms with Gasteiger partial charge in [-0.15, -0.1) is 0 Å². The van der Waals surface area contributed by atoms with Gasteiger partial charge in [0.25, 0.3) is 0 Å². The Bertz CT molecular complexity index is 279. The standard InChI is InChI=1S/C12H18O3/c1-3-4-5-6-7-10(13)12-9(2)8-11(14)15-12/h8,12H,3-7H2,1-2H3. The quantitative estimate of drug-likeness (QED) is 0.499. The van der Waals surface area contributed by atoms with Crippen molar-refractivity contribution in [3.8, 4) is 0 Å². The van der Waals surface area contributed by atoms with Crippen molar-refractivity contribution >= 4 is 11.8 Å². The molecule has 0 N–H and O–H groups in total. The molecule has 0 radical (unpaired) electrons. The van der Waals surface area contributed by atoms with Crippen LogP contribution in [-0.2, 0) is 14.3 Å². The molecule has 3 nitrogen and oxygen atoms in total. The molecule has 1 aliphatic rings. The maximum Gasteiger partial charge on any atom is 0.331 e. The predicted molar refractivity (Wildman–Crippen MR) is 57.4 cm³/mol. The minimum atomic E-state index is -0.598. The Hall–Kier alpha value is -1.12. The molecule has 0 saturated carbocycles. The Morgan fingerprint density at radius 3 is 2.67 bits per heavy atom. The molecule has 0 fully saturated rings. The Morgan fingerprint density at radius 1 is 1.40 bits per heavy atom. The molecule has 0 aliphatic carbocycles. The Kier molecular flexibility index (Phi) is 4.53. The van der Waals surface area contributed by atoms with E-state index in [9.17, 15) is 9.59 Å². The van der Waals surface area contributed by atoms with Crippen molar-refractivity contribution in [2.45, 2.75) is 52.1 Å². The summed E-state index contributed by atoms with van der Waals surface area (Å²) in [7, 11) is 0. The number of hydrogen-bond acceptors (Lipinski definition) is 3. The van der Waals surface area contributed by atoms with E-state index in [1.54, 1.807) is 6.92 Å². The average molecular weight is 210 g/mol. The van der Waals surface area contributed by atoms with Crippen LogP contribution in [0.25, 0.3) is 0 Å². The van der Waals surface area contributed by atoms with Crippen LogP contribution >= 0.6 is 0 Å². The number of cyclic esters (lactones) is 1. The van der Waals surface area contributed by atoms with Gasteiger partial charge in [-0.25, -0.2) is 4.79 Å². The van der Waals surface area contributed by atoms with Crippen molar-refractivity contribution in [1.82, 2.24) is 0 Å². The van der Waals surface area contributed by atoms with Gasteiger partial charge < -0.3 is 4.74 Å². The molecular weight excluding hydrogens is 192 g/mol. The smallest absolute Gasteiger partial charge is 0.331 e. The van der Waals surface area contributed by atoms with Crippen LogP contribution in [0.2, 0.25) is 0 Å². The first-order chi connectivity index (χ1) is 7.15. The highest BCUT2D eigenvalue weighted by molar-refractivity contribution is 5.95. The lowest BCUT2D eigenvalue weighted by Crippen LogP contribution is -2.22. The second-order valence-electron chi connectivity index (χ2n) is 3.98. The van der Waals surface area contributed by atoms with E-state index in [1.807, 2.05) is 0 Å². The number of carbonyl (C=O) groups is 2. The van der Waals surface area contributed by atoms with E-state index >= 15 is 0 Å². The van der Waals surface area contributed by atoms with Gasteiger partial charge >= 0.3 is 5.97 Å². The first kappa shape index (κ1) is 12.0.